The predicted molar refractivity (Wildman–Crippen MR) is 188 cm³/mol. The Morgan fingerprint density at radius 1 is 0.510 bits per heavy atom. The molecule has 0 radical (unpaired) electrons. The Bertz CT molecular complexity index is 1660. The normalized spacial score (nSPS) is 20.4. The first-order valence-corrected chi connectivity index (χ1v) is 16.6. The van der Waals surface area contributed by atoms with Crippen LogP contribution in [-0.4, -0.2) is 43.3 Å². The molecule has 49 heavy (non-hydrogen) atoms. The molecule has 1 heterocycles. The van der Waals surface area contributed by atoms with E-state index >= 15 is 0 Å². The second kappa shape index (κ2) is 18.1. The smallest absolute Gasteiger partial charge is 0.321 e. The first-order valence-electron chi connectivity index (χ1n) is 16.6. The number of rotatable bonds is 15. The standard InChI is InChI=1S/C41H42N2O6/c44-41(42-35-24-14-5-15-25-35)43-40-39(48-29-34-22-12-4-13-23-34)38(47-28-33-20-10-3-11-21-33)37(46-27-32-18-8-2-9-19-32)36(49-40)30-45-26-31-16-6-1-7-17-31/h1-25,36-40H,26-30H2,(H2,42,43,44)/t36-,37-,38+,39-,40+/m1/s1. The SMILES string of the molecule is O=C(Nc1ccccc1)N[C@H]1O[C@H](COCc2ccccc2)[C@@H](OCc2ccccc2)[C@H](OCc2ccccc2)[C@H]1OCc1ccccc1. The van der Waals surface area contributed by atoms with E-state index in [0.29, 0.717) is 25.5 Å². The van der Waals surface area contributed by atoms with Gasteiger partial charge in [-0.1, -0.05) is 140 Å². The van der Waals surface area contributed by atoms with Crippen molar-refractivity contribution in [1.29, 1.82) is 0 Å². The second-order valence-corrected chi connectivity index (χ2v) is 11.8. The summed E-state index contributed by atoms with van der Waals surface area (Å²) in [5.74, 6) is 0. The van der Waals surface area contributed by atoms with Gasteiger partial charge in [-0.2, -0.15) is 0 Å². The number of hydrogen-bond acceptors (Lipinski definition) is 6. The summed E-state index contributed by atoms with van der Waals surface area (Å²) in [4.78, 5) is 13.4. The van der Waals surface area contributed by atoms with E-state index in [1.54, 1.807) is 0 Å². The number of benzene rings is 5. The van der Waals surface area contributed by atoms with Crippen molar-refractivity contribution < 1.29 is 28.5 Å². The summed E-state index contributed by atoms with van der Waals surface area (Å²) in [5, 5.41) is 5.93. The lowest BCUT2D eigenvalue weighted by molar-refractivity contribution is -0.275. The van der Waals surface area contributed by atoms with Crippen LogP contribution in [-0.2, 0) is 50.1 Å². The van der Waals surface area contributed by atoms with Gasteiger partial charge in [0.1, 0.15) is 24.4 Å². The van der Waals surface area contributed by atoms with E-state index in [9.17, 15) is 4.79 Å². The summed E-state index contributed by atoms with van der Waals surface area (Å²) in [6.45, 7) is 1.50. The summed E-state index contributed by atoms with van der Waals surface area (Å²) in [5.41, 5.74) is 4.68. The second-order valence-electron chi connectivity index (χ2n) is 11.8. The third-order valence-corrected chi connectivity index (χ3v) is 8.19. The maximum atomic E-state index is 13.4. The van der Waals surface area contributed by atoms with Crippen LogP contribution >= 0.6 is 0 Å². The zero-order valence-corrected chi connectivity index (χ0v) is 27.3. The number of hydrogen-bond donors (Lipinski definition) is 2. The van der Waals surface area contributed by atoms with Crippen molar-refractivity contribution in [3.63, 3.8) is 0 Å². The van der Waals surface area contributed by atoms with Crippen molar-refractivity contribution in [2.75, 3.05) is 11.9 Å². The molecule has 0 spiro atoms. The molecule has 1 aliphatic heterocycles. The van der Waals surface area contributed by atoms with Gasteiger partial charge in [-0.3, -0.25) is 0 Å². The number of urea groups is 1. The Labute approximate surface area is 287 Å². The molecule has 8 heteroatoms. The molecule has 5 aromatic rings. The van der Waals surface area contributed by atoms with Crippen LogP contribution in [0.5, 0.6) is 0 Å². The van der Waals surface area contributed by atoms with Gasteiger partial charge in [0.05, 0.1) is 33.0 Å². The van der Waals surface area contributed by atoms with Gasteiger partial charge in [0, 0.05) is 5.69 Å². The predicted octanol–water partition coefficient (Wildman–Crippen LogP) is 7.51. The molecular weight excluding hydrogens is 616 g/mol. The highest BCUT2D eigenvalue weighted by atomic mass is 16.6. The van der Waals surface area contributed by atoms with Gasteiger partial charge in [0.25, 0.3) is 0 Å². The monoisotopic (exact) mass is 658 g/mol. The topological polar surface area (TPSA) is 87.3 Å². The van der Waals surface area contributed by atoms with Gasteiger partial charge >= 0.3 is 6.03 Å². The molecule has 1 aliphatic rings. The quantitative estimate of drug-likeness (QED) is 0.121. The molecule has 2 amide bonds. The lowest BCUT2D eigenvalue weighted by atomic mass is 9.97. The average molecular weight is 659 g/mol. The van der Waals surface area contributed by atoms with Crippen LogP contribution < -0.4 is 10.6 Å². The largest absolute Gasteiger partial charge is 0.374 e. The van der Waals surface area contributed by atoms with Crippen LogP contribution in [0.15, 0.2) is 152 Å². The van der Waals surface area contributed by atoms with E-state index in [-0.39, 0.29) is 13.2 Å². The Morgan fingerprint density at radius 2 is 0.918 bits per heavy atom. The molecule has 8 nitrogen and oxygen atoms in total. The third kappa shape index (κ3) is 10.3. The summed E-state index contributed by atoms with van der Waals surface area (Å²) in [6, 6.07) is 48.6. The van der Waals surface area contributed by atoms with E-state index < -0.39 is 36.7 Å². The minimum absolute atomic E-state index is 0.198. The first kappa shape index (κ1) is 34.0. The molecule has 0 aromatic heterocycles. The molecule has 0 bridgehead atoms. The van der Waals surface area contributed by atoms with E-state index in [1.807, 2.05) is 152 Å². The van der Waals surface area contributed by atoms with Crippen LogP contribution in [0.2, 0.25) is 0 Å². The van der Waals surface area contributed by atoms with Crippen molar-refractivity contribution in [3.05, 3.63) is 174 Å². The van der Waals surface area contributed by atoms with Crippen molar-refractivity contribution in [2.24, 2.45) is 0 Å². The molecule has 2 N–H and O–H groups in total. The Kier molecular flexibility index (Phi) is 12.6. The van der Waals surface area contributed by atoms with Crippen LogP contribution in [0.1, 0.15) is 22.3 Å². The lowest BCUT2D eigenvalue weighted by Gasteiger charge is -2.46. The molecule has 252 valence electrons. The maximum Gasteiger partial charge on any atom is 0.321 e. The Hall–Kier alpha value is -4.83. The zero-order chi connectivity index (χ0) is 33.5. The van der Waals surface area contributed by atoms with Gasteiger partial charge in [0.15, 0.2) is 6.23 Å². The first-order chi connectivity index (χ1) is 24.2. The maximum absolute atomic E-state index is 13.4. The van der Waals surface area contributed by atoms with Gasteiger partial charge in [-0.25, -0.2) is 4.79 Å². The van der Waals surface area contributed by atoms with Gasteiger partial charge in [0.2, 0.25) is 0 Å². The number of carbonyl (C=O) groups excluding carboxylic acids is 1. The number of anilines is 1. The van der Waals surface area contributed by atoms with E-state index in [0.717, 1.165) is 22.3 Å². The highest BCUT2D eigenvalue weighted by Crippen LogP contribution is 2.30. The highest BCUT2D eigenvalue weighted by Gasteiger charge is 2.49. The number of ether oxygens (including phenoxy) is 5. The summed E-state index contributed by atoms with van der Waals surface area (Å²) < 4.78 is 33.0. The summed E-state index contributed by atoms with van der Waals surface area (Å²) in [6.07, 6.45) is -3.48. The Balaban J connectivity index is 1.30. The minimum Gasteiger partial charge on any atom is -0.374 e. The lowest BCUT2D eigenvalue weighted by Crippen LogP contribution is -2.65. The van der Waals surface area contributed by atoms with Gasteiger partial charge in [-0.15, -0.1) is 0 Å². The van der Waals surface area contributed by atoms with Crippen LogP contribution in [0.25, 0.3) is 0 Å². The van der Waals surface area contributed by atoms with Gasteiger partial charge < -0.3 is 34.3 Å². The van der Waals surface area contributed by atoms with Gasteiger partial charge in [-0.05, 0) is 34.4 Å². The summed E-state index contributed by atoms with van der Waals surface area (Å²) >= 11 is 0. The number of para-hydroxylation sites is 1. The van der Waals surface area contributed by atoms with E-state index in [1.165, 1.54) is 0 Å². The van der Waals surface area contributed by atoms with E-state index in [4.69, 9.17) is 23.7 Å². The van der Waals surface area contributed by atoms with E-state index in [2.05, 4.69) is 10.6 Å². The Morgan fingerprint density at radius 3 is 1.41 bits per heavy atom. The zero-order valence-electron chi connectivity index (χ0n) is 27.3. The van der Waals surface area contributed by atoms with Crippen LogP contribution in [0.4, 0.5) is 10.5 Å². The number of carbonyl (C=O) groups is 1. The fraction of sp³-hybridized carbons (Fsp3) is 0.244. The molecule has 6 rings (SSSR count). The third-order valence-electron chi connectivity index (χ3n) is 8.19. The van der Waals surface area contributed by atoms with Crippen molar-refractivity contribution in [1.82, 2.24) is 5.32 Å². The van der Waals surface area contributed by atoms with Crippen LogP contribution in [0, 0.1) is 0 Å². The molecule has 0 saturated carbocycles. The molecule has 1 saturated heterocycles. The molecule has 0 unspecified atom stereocenters. The fourth-order valence-corrected chi connectivity index (χ4v) is 5.72. The molecule has 1 fully saturated rings. The van der Waals surface area contributed by atoms with Crippen molar-refractivity contribution in [2.45, 2.75) is 57.1 Å². The van der Waals surface area contributed by atoms with Crippen molar-refractivity contribution >= 4 is 11.7 Å². The number of nitrogens with one attached hydrogen (secondary N) is 2. The average Bonchev–Trinajstić information content (AvgIpc) is 3.15. The highest BCUT2D eigenvalue weighted by molar-refractivity contribution is 5.89. The molecule has 5 aromatic carbocycles. The molecule has 0 aliphatic carbocycles. The minimum atomic E-state index is -0.893. The molecular formula is C41H42N2O6. The fourth-order valence-electron chi connectivity index (χ4n) is 5.72. The van der Waals surface area contributed by atoms with Crippen LogP contribution in [0.3, 0.4) is 0 Å². The number of amides is 2. The molecule has 5 atom stereocenters. The van der Waals surface area contributed by atoms with Crippen molar-refractivity contribution in [3.8, 4) is 0 Å². The summed E-state index contributed by atoms with van der Waals surface area (Å²) in [7, 11) is 0.